The Hall–Kier alpha value is -0.340. The van der Waals surface area contributed by atoms with E-state index in [1.165, 1.54) is 12.8 Å². The van der Waals surface area contributed by atoms with Gasteiger partial charge in [0.25, 0.3) is 0 Å². The monoisotopic (exact) mass is 194 g/mol. The second kappa shape index (κ2) is 2.61. The zero-order valence-corrected chi connectivity index (χ0v) is 8.95. The van der Waals surface area contributed by atoms with Crippen LogP contribution in [0.25, 0.3) is 0 Å². The molecule has 4 atom stereocenters. The molecule has 2 fully saturated rings. The third-order valence-electron chi connectivity index (χ3n) is 4.22. The summed E-state index contributed by atoms with van der Waals surface area (Å²) in [5.74, 6) is 0. The zero-order chi connectivity index (χ0) is 9.81. The molecule has 0 N–H and O–H groups in total. The fourth-order valence-electron chi connectivity index (χ4n) is 3.19. The maximum absolute atomic E-state index is 5.97. The van der Waals surface area contributed by atoms with Gasteiger partial charge in [-0.25, -0.2) is 0 Å². The minimum Gasteiger partial charge on any atom is -0.375 e. The van der Waals surface area contributed by atoms with Crippen molar-refractivity contribution in [3.8, 4) is 0 Å². The highest BCUT2D eigenvalue weighted by Crippen LogP contribution is 2.54. The van der Waals surface area contributed by atoms with E-state index in [4.69, 9.17) is 9.47 Å². The largest absolute Gasteiger partial charge is 0.375 e. The fraction of sp³-hybridized carbons (Fsp3) is 0.833. The minimum atomic E-state index is 0.0989. The standard InChI is InChI=1S/C12H18O2/c1-3-11(2)7-12(8-13-11)6-9-4-5-10(12)14-9/h4-5,9-10H,3,6-8H2,1-2H3. The second-order valence-electron chi connectivity index (χ2n) is 5.32. The maximum Gasteiger partial charge on any atom is 0.0845 e. The molecule has 78 valence electrons. The molecular formula is C12H18O2. The SMILES string of the molecule is CCC1(C)CC2(CO1)CC1C=CC2O1. The van der Waals surface area contributed by atoms with E-state index in [0.717, 1.165) is 13.0 Å². The van der Waals surface area contributed by atoms with E-state index in [9.17, 15) is 0 Å². The maximum atomic E-state index is 5.97. The molecule has 0 aromatic heterocycles. The van der Waals surface area contributed by atoms with Crippen molar-refractivity contribution in [1.82, 2.24) is 0 Å². The molecule has 0 saturated carbocycles. The van der Waals surface area contributed by atoms with Crippen molar-refractivity contribution in [3.63, 3.8) is 0 Å². The summed E-state index contributed by atoms with van der Waals surface area (Å²) in [6, 6.07) is 0. The van der Waals surface area contributed by atoms with Gasteiger partial charge in [-0.15, -0.1) is 0 Å². The van der Waals surface area contributed by atoms with E-state index in [1.54, 1.807) is 0 Å². The van der Waals surface area contributed by atoms with Crippen molar-refractivity contribution in [2.45, 2.75) is 50.9 Å². The highest BCUT2D eigenvalue weighted by atomic mass is 16.5. The van der Waals surface area contributed by atoms with E-state index >= 15 is 0 Å². The Bertz CT molecular complexity index is 286. The van der Waals surface area contributed by atoms with Gasteiger partial charge in [0.2, 0.25) is 0 Å². The quantitative estimate of drug-likeness (QED) is 0.596. The van der Waals surface area contributed by atoms with Crippen LogP contribution in [0.2, 0.25) is 0 Å². The summed E-state index contributed by atoms with van der Waals surface area (Å²) in [6.45, 7) is 5.34. The predicted octanol–water partition coefficient (Wildman–Crippen LogP) is 2.29. The first-order valence-electron chi connectivity index (χ1n) is 5.64. The van der Waals surface area contributed by atoms with Crippen LogP contribution in [0.4, 0.5) is 0 Å². The molecule has 0 aromatic carbocycles. The molecule has 14 heavy (non-hydrogen) atoms. The normalized spacial score (nSPS) is 55.0. The van der Waals surface area contributed by atoms with Gasteiger partial charge in [0.15, 0.2) is 0 Å². The molecule has 4 unspecified atom stereocenters. The van der Waals surface area contributed by atoms with Gasteiger partial charge in [-0.1, -0.05) is 19.1 Å². The van der Waals surface area contributed by atoms with Crippen LogP contribution in [0.15, 0.2) is 12.2 Å². The van der Waals surface area contributed by atoms with E-state index < -0.39 is 0 Å². The van der Waals surface area contributed by atoms with Crippen LogP contribution in [0, 0.1) is 5.41 Å². The zero-order valence-electron chi connectivity index (χ0n) is 8.95. The summed E-state index contributed by atoms with van der Waals surface area (Å²) in [7, 11) is 0. The topological polar surface area (TPSA) is 18.5 Å². The highest BCUT2D eigenvalue weighted by Gasteiger charge is 2.56. The number of rotatable bonds is 1. The first-order chi connectivity index (χ1) is 6.66. The van der Waals surface area contributed by atoms with Gasteiger partial charge in [0, 0.05) is 5.41 Å². The summed E-state index contributed by atoms with van der Waals surface area (Å²) < 4.78 is 11.8. The summed E-state index contributed by atoms with van der Waals surface area (Å²) in [6.07, 6.45) is 8.60. The predicted molar refractivity (Wildman–Crippen MR) is 54.1 cm³/mol. The summed E-state index contributed by atoms with van der Waals surface area (Å²) >= 11 is 0. The van der Waals surface area contributed by atoms with Gasteiger partial charge >= 0.3 is 0 Å². The van der Waals surface area contributed by atoms with Gasteiger partial charge in [-0.3, -0.25) is 0 Å². The first-order valence-corrected chi connectivity index (χ1v) is 5.64. The highest BCUT2D eigenvalue weighted by molar-refractivity contribution is 5.19. The molecule has 3 aliphatic rings. The molecule has 0 radical (unpaired) electrons. The lowest BCUT2D eigenvalue weighted by Gasteiger charge is -2.28. The van der Waals surface area contributed by atoms with Crippen LogP contribution >= 0.6 is 0 Å². The van der Waals surface area contributed by atoms with Crippen LogP contribution in [-0.4, -0.2) is 24.4 Å². The van der Waals surface area contributed by atoms with Crippen molar-refractivity contribution in [3.05, 3.63) is 12.2 Å². The molecule has 0 amide bonds. The number of fused-ring (bicyclic) bond motifs is 3. The van der Waals surface area contributed by atoms with Crippen molar-refractivity contribution < 1.29 is 9.47 Å². The Morgan fingerprint density at radius 3 is 2.79 bits per heavy atom. The Labute approximate surface area is 85.3 Å². The number of hydrogen-bond acceptors (Lipinski definition) is 2. The summed E-state index contributed by atoms with van der Waals surface area (Å²) in [4.78, 5) is 0. The Morgan fingerprint density at radius 2 is 2.29 bits per heavy atom. The van der Waals surface area contributed by atoms with Crippen molar-refractivity contribution in [2.75, 3.05) is 6.61 Å². The molecule has 2 nitrogen and oxygen atoms in total. The van der Waals surface area contributed by atoms with Gasteiger partial charge < -0.3 is 9.47 Å². The Morgan fingerprint density at radius 1 is 1.43 bits per heavy atom. The van der Waals surface area contributed by atoms with Gasteiger partial charge in [-0.05, 0) is 26.2 Å². The van der Waals surface area contributed by atoms with Crippen molar-refractivity contribution >= 4 is 0 Å². The van der Waals surface area contributed by atoms with Crippen molar-refractivity contribution in [2.24, 2.45) is 5.41 Å². The third-order valence-corrected chi connectivity index (χ3v) is 4.22. The van der Waals surface area contributed by atoms with E-state index in [1.807, 2.05) is 0 Å². The molecule has 2 saturated heterocycles. The lowest BCUT2D eigenvalue weighted by atomic mass is 9.72. The molecule has 3 heterocycles. The third kappa shape index (κ3) is 1.04. The minimum absolute atomic E-state index is 0.0989. The molecular weight excluding hydrogens is 176 g/mol. The lowest BCUT2D eigenvalue weighted by molar-refractivity contribution is 0.0103. The Kier molecular flexibility index (Phi) is 1.67. The van der Waals surface area contributed by atoms with Crippen LogP contribution in [-0.2, 0) is 9.47 Å². The van der Waals surface area contributed by atoms with Crippen LogP contribution in [0.5, 0.6) is 0 Å². The average Bonchev–Trinajstić information content (AvgIpc) is 2.82. The van der Waals surface area contributed by atoms with Crippen LogP contribution in [0.1, 0.15) is 33.1 Å². The molecule has 1 spiro atoms. The average molecular weight is 194 g/mol. The molecule has 0 aliphatic carbocycles. The van der Waals surface area contributed by atoms with E-state index in [0.29, 0.717) is 17.6 Å². The van der Waals surface area contributed by atoms with E-state index in [-0.39, 0.29) is 5.60 Å². The number of ether oxygens (including phenoxy) is 2. The molecule has 3 rings (SSSR count). The fourth-order valence-corrected chi connectivity index (χ4v) is 3.19. The number of hydrogen-bond donors (Lipinski definition) is 0. The second-order valence-corrected chi connectivity index (χ2v) is 5.32. The summed E-state index contributed by atoms with van der Waals surface area (Å²) in [5.41, 5.74) is 0.409. The van der Waals surface area contributed by atoms with Crippen molar-refractivity contribution in [1.29, 1.82) is 0 Å². The van der Waals surface area contributed by atoms with E-state index in [2.05, 4.69) is 26.0 Å². The Balaban J connectivity index is 1.85. The van der Waals surface area contributed by atoms with Crippen LogP contribution in [0.3, 0.4) is 0 Å². The van der Waals surface area contributed by atoms with Crippen LogP contribution < -0.4 is 0 Å². The van der Waals surface area contributed by atoms with Gasteiger partial charge in [0.1, 0.15) is 0 Å². The first kappa shape index (κ1) is 8.93. The van der Waals surface area contributed by atoms with Gasteiger partial charge in [-0.2, -0.15) is 0 Å². The summed E-state index contributed by atoms with van der Waals surface area (Å²) in [5, 5.41) is 0. The smallest absolute Gasteiger partial charge is 0.0845 e. The molecule has 2 bridgehead atoms. The van der Waals surface area contributed by atoms with Gasteiger partial charge in [0.05, 0.1) is 24.4 Å². The molecule has 2 heteroatoms. The molecule has 3 aliphatic heterocycles. The molecule has 0 aromatic rings. The lowest BCUT2D eigenvalue weighted by Crippen LogP contribution is -2.32.